The minimum atomic E-state index is -0.0659. The lowest BCUT2D eigenvalue weighted by Crippen LogP contribution is -2.53. The van der Waals surface area contributed by atoms with Gasteiger partial charge in [-0.15, -0.1) is 0 Å². The number of piperazine rings is 1. The molecule has 0 bridgehead atoms. The highest BCUT2D eigenvalue weighted by atomic mass is 35.5. The Labute approximate surface area is 157 Å². The molecule has 0 atom stereocenters. The third kappa shape index (κ3) is 3.81. The predicted molar refractivity (Wildman–Crippen MR) is 98.7 cm³/mol. The lowest BCUT2D eigenvalue weighted by Gasteiger charge is -2.42. The summed E-state index contributed by atoms with van der Waals surface area (Å²) in [6.45, 7) is 3.39. The van der Waals surface area contributed by atoms with E-state index in [1.54, 1.807) is 24.3 Å². The van der Waals surface area contributed by atoms with Crippen LogP contribution >= 0.6 is 11.6 Å². The molecule has 6 nitrogen and oxygen atoms in total. The van der Waals surface area contributed by atoms with Gasteiger partial charge >= 0.3 is 0 Å². The molecule has 7 heteroatoms. The maximum atomic E-state index is 12.6. The lowest BCUT2D eigenvalue weighted by atomic mass is 9.91. The van der Waals surface area contributed by atoms with E-state index in [1.165, 1.54) is 31.7 Å². The monoisotopic (exact) mass is 372 g/mol. The van der Waals surface area contributed by atoms with Gasteiger partial charge in [-0.1, -0.05) is 18.0 Å². The van der Waals surface area contributed by atoms with Gasteiger partial charge in [0.05, 0.1) is 12.4 Å². The van der Waals surface area contributed by atoms with Crippen LogP contribution in [0.25, 0.3) is 0 Å². The molecule has 0 radical (unpaired) electrons. The summed E-state index contributed by atoms with van der Waals surface area (Å²) in [4.78, 5) is 25.4. The fraction of sp³-hybridized carbons (Fsp3) is 0.421. The first-order chi connectivity index (χ1) is 12.7. The predicted octanol–water partition coefficient (Wildman–Crippen LogP) is 3.23. The van der Waals surface area contributed by atoms with E-state index >= 15 is 0 Å². The average Bonchev–Trinajstić information content (AvgIpc) is 2.63. The van der Waals surface area contributed by atoms with Crippen molar-refractivity contribution in [2.45, 2.75) is 25.3 Å². The molecule has 1 aromatic heterocycles. The second kappa shape index (κ2) is 7.60. The van der Waals surface area contributed by atoms with E-state index in [2.05, 4.69) is 14.9 Å². The first kappa shape index (κ1) is 17.2. The third-order valence-corrected chi connectivity index (χ3v) is 5.33. The van der Waals surface area contributed by atoms with Crippen molar-refractivity contribution in [2.24, 2.45) is 0 Å². The van der Waals surface area contributed by atoms with Gasteiger partial charge in [0.25, 0.3) is 5.91 Å². The standard InChI is InChI=1S/C19H21ClN4O2/c20-14-4-6-16(7-5-14)26-18-13-21-17(12-22-18)19(25)24-10-8-23(9-11-24)15-2-1-3-15/h4-7,12-13,15H,1-3,8-11H2. The molecular formula is C19H21ClN4O2. The molecule has 2 aromatic rings. The fourth-order valence-corrected chi connectivity index (χ4v) is 3.43. The van der Waals surface area contributed by atoms with E-state index in [1.807, 2.05) is 4.90 Å². The molecule has 1 amide bonds. The van der Waals surface area contributed by atoms with Crippen molar-refractivity contribution in [2.75, 3.05) is 26.2 Å². The molecular weight excluding hydrogens is 352 g/mol. The number of aromatic nitrogens is 2. The SMILES string of the molecule is O=C(c1cnc(Oc2ccc(Cl)cc2)cn1)N1CCN(C2CCC2)CC1. The third-order valence-electron chi connectivity index (χ3n) is 5.08. The molecule has 0 unspecified atom stereocenters. The second-order valence-electron chi connectivity index (χ2n) is 6.71. The molecule has 26 heavy (non-hydrogen) atoms. The Kier molecular flexibility index (Phi) is 5.04. The molecule has 0 spiro atoms. The molecule has 1 aliphatic carbocycles. The summed E-state index contributed by atoms with van der Waals surface area (Å²) < 4.78 is 5.61. The van der Waals surface area contributed by atoms with E-state index in [9.17, 15) is 4.79 Å². The van der Waals surface area contributed by atoms with Crippen molar-refractivity contribution in [1.82, 2.24) is 19.8 Å². The van der Waals surface area contributed by atoms with Crippen LogP contribution < -0.4 is 4.74 Å². The number of carbonyl (C=O) groups is 1. The number of rotatable bonds is 4. The van der Waals surface area contributed by atoms with Crippen LogP contribution in [-0.4, -0.2) is 57.9 Å². The van der Waals surface area contributed by atoms with Gasteiger partial charge in [-0.05, 0) is 37.1 Å². The van der Waals surface area contributed by atoms with Crippen LogP contribution in [0.1, 0.15) is 29.8 Å². The minimum absolute atomic E-state index is 0.0659. The van der Waals surface area contributed by atoms with Gasteiger partial charge < -0.3 is 9.64 Å². The highest BCUT2D eigenvalue weighted by Gasteiger charge is 2.30. The van der Waals surface area contributed by atoms with Crippen LogP contribution in [0.3, 0.4) is 0 Å². The van der Waals surface area contributed by atoms with Crippen LogP contribution in [0.4, 0.5) is 0 Å². The first-order valence-corrected chi connectivity index (χ1v) is 9.35. The van der Waals surface area contributed by atoms with Gasteiger partial charge in [-0.3, -0.25) is 9.69 Å². The first-order valence-electron chi connectivity index (χ1n) is 8.98. The average molecular weight is 373 g/mol. The highest BCUT2D eigenvalue weighted by Crippen LogP contribution is 2.26. The highest BCUT2D eigenvalue weighted by molar-refractivity contribution is 6.30. The zero-order valence-electron chi connectivity index (χ0n) is 14.5. The van der Waals surface area contributed by atoms with E-state index in [0.717, 1.165) is 32.2 Å². The van der Waals surface area contributed by atoms with Crippen molar-refractivity contribution < 1.29 is 9.53 Å². The number of nitrogens with zero attached hydrogens (tertiary/aromatic N) is 4. The van der Waals surface area contributed by atoms with Crippen molar-refractivity contribution in [3.63, 3.8) is 0 Å². The molecule has 1 aliphatic heterocycles. The number of hydrogen-bond acceptors (Lipinski definition) is 5. The molecule has 1 saturated carbocycles. The number of halogens is 1. The molecule has 2 fully saturated rings. The molecule has 2 aliphatic rings. The summed E-state index contributed by atoms with van der Waals surface area (Å²) >= 11 is 5.85. The number of ether oxygens (including phenoxy) is 1. The van der Waals surface area contributed by atoms with Gasteiger partial charge in [0.2, 0.25) is 5.88 Å². The van der Waals surface area contributed by atoms with Gasteiger partial charge in [-0.25, -0.2) is 9.97 Å². The second-order valence-corrected chi connectivity index (χ2v) is 7.15. The van der Waals surface area contributed by atoms with Crippen molar-refractivity contribution in [1.29, 1.82) is 0 Å². The molecule has 4 rings (SSSR count). The van der Waals surface area contributed by atoms with E-state index < -0.39 is 0 Å². The Bertz CT molecular complexity index is 754. The van der Waals surface area contributed by atoms with E-state index in [0.29, 0.717) is 22.3 Å². The summed E-state index contributed by atoms with van der Waals surface area (Å²) in [5.41, 5.74) is 0.352. The fourth-order valence-electron chi connectivity index (χ4n) is 3.31. The quantitative estimate of drug-likeness (QED) is 0.824. The van der Waals surface area contributed by atoms with Gasteiger partial charge in [0.1, 0.15) is 11.4 Å². The number of hydrogen-bond donors (Lipinski definition) is 0. The van der Waals surface area contributed by atoms with Gasteiger partial charge in [0.15, 0.2) is 0 Å². The maximum Gasteiger partial charge on any atom is 0.274 e. The van der Waals surface area contributed by atoms with Crippen molar-refractivity contribution in [3.8, 4) is 11.6 Å². The molecule has 1 aromatic carbocycles. The van der Waals surface area contributed by atoms with Crippen LogP contribution in [0.2, 0.25) is 5.02 Å². The molecule has 1 saturated heterocycles. The summed E-state index contributed by atoms with van der Waals surface area (Å²) in [7, 11) is 0. The largest absolute Gasteiger partial charge is 0.438 e. The Hall–Kier alpha value is -2.18. The Balaban J connectivity index is 1.34. The van der Waals surface area contributed by atoms with Crippen molar-refractivity contribution in [3.05, 3.63) is 47.4 Å². The van der Waals surface area contributed by atoms with E-state index in [4.69, 9.17) is 16.3 Å². The Morgan fingerprint density at radius 2 is 1.77 bits per heavy atom. The number of benzene rings is 1. The minimum Gasteiger partial charge on any atom is -0.438 e. The Morgan fingerprint density at radius 3 is 2.35 bits per heavy atom. The number of amides is 1. The summed E-state index contributed by atoms with van der Waals surface area (Å²) in [6.07, 6.45) is 6.89. The topological polar surface area (TPSA) is 58.6 Å². The summed E-state index contributed by atoms with van der Waals surface area (Å²) in [5, 5.41) is 0.641. The van der Waals surface area contributed by atoms with Crippen LogP contribution in [0.5, 0.6) is 11.6 Å². The molecule has 2 heterocycles. The van der Waals surface area contributed by atoms with Crippen LogP contribution in [0.15, 0.2) is 36.7 Å². The molecule has 136 valence electrons. The smallest absolute Gasteiger partial charge is 0.274 e. The van der Waals surface area contributed by atoms with Crippen LogP contribution in [0, 0.1) is 0 Å². The van der Waals surface area contributed by atoms with Gasteiger partial charge in [-0.2, -0.15) is 0 Å². The van der Waals surface area contributed by atoms with Gasteiger partial charge in [0, 0.05) is 37.2 Å². The molecule has 0 N–H and O–H groups in total. The summed E-state index contributed by atoms with van der Waals surface area (Å²) in [6, 6.07) is 7.73. The maximum absolute atomic E-state index is 12.6. The zero-order chi connectivity index (χ0) is 17.9. The lowest BCUT2D eigenvalue weighted by molar-refractivity contribution is 0.0451. The van der Waals surface area contributed by atoms with E-state index in [-0.39, 0.29) is 5.91 Å². The zero-order valence-corrected chi connectivity index (χ0v) is 15.2. The summed E-state index contributed by atoms with van der Waals surface area (Å²) in [5.74, 6) is 0.900. The Morgan fingerprint density at radius 1 is 1.04 bits per heavy atom. The normalized spacial score (nSPS) is 18.4. The number of carbonyl (C=O) groups excluding carboxylic acids is 1. The van der Waals surface area contributed by atoms with Crippen molar-refractivity contribution >= 4 is 17.5 Å². The van der Waals surface area contributed by atoms with Crippen LogP contribution in [-0.2, 0) is 0 Å².